The van der Waals surface area contributed by atoms with Crippen molar-refractivity contribution in [1.82, 2.24) is 14.8 Å². The summed E-state index contributed by atoms with van der Waals surface area (Å²) in [6.07, 6.45) is 2.29. The molecule has 2 aromatic carbocycles. The first kappa shape index (κ1) is 18.1. The van der Waals surface area contributed by atoms with E-state index in [0.717, 1.165) is 40.2 Å². The predicted molar refractivity (Wildman–Crippen MR) is 113 cm³/mol. The van der Waals surface area contributed by atoms with E-state index in [0.29, 0.717) is 23.1 Å². The molecule has 1 aliphatic carbocycles. The van der Waals surface area contributed by atoms with Crippen molar-refractivity contribution in [2.24, 2.45) is 0 Å². The zero-order valence-electron chi connectivity index (χ0n) is 16.1. The summed E-state index contributed by atoms with van der Waals surface area (Å²) in [7, 11) is 1.59. The quantitative estimate of drug-likeness (QED) is 0.471. The van der Waals surface area contributed by atoms with Gasteiger partial charge in [0.15, 0.2) is 5.16 Å². The number of fused-ring (bicyclic) bond motifs is 3. The second kappa shape index (κ2) is 7.11. The number of para-hydroxylation sites is 1. The van der Waals surface area contributed by atoms with Gasteiger partial charge in [-0.15, -0.1) is 10.2 Å². The van der Waals surface area contributed by atoms with Crippen LogP contribution in [-0.2, 0) is 4.79 Å². The fourth-order valence-electron chi connectivity index (χ4n) is 3.54. The Morgan fingerprint density at radius 1 is 1.24 bits per heavy atom. The van der Waals surface area contributed by atoms with Gasteiger partial charge in [-0.25, -0.2) is 0 Å². The third-order valence-electron chi connectivity index (χ3n) is 5.05. The van der Waals surface area contributed by atoms with Gasteiger partial charge in [-0.1, -0.05) is 30.0 Å². The van der Waals surface area contributed by atoms with Gasteiger partial charge in [0, 0.05) is 22.9 Å². The zero-order chi connectivity index (χ0) is 20.0. The Morgan fingerprint density at radius 2 is 2.07 bits per heavy atom. The average Bonchev–Trinajstić information content (AvgIpc) is 3.39. The average molecular weight is 408 g/mol. The fraction of sp³-hybridized carbons (Fsp3) is 0.286. The van der Waals surface area contributed by atoms with Crippen LogP contribution in [0.5, 0.6) is 5.75 Å². The van der Waals surface area contributed by atoms with E-state index < -0.39 is 0 Å². The molecule has 4 aromatic rings. The van der Waals surface area contributed by atoms with Gasteiger partial charge < -0.3 is 19.0 Å². The fourth-order valence-corrected chi connectivity index (χ4v) is 4.39. The number of rotatable bonds is 6. The summed E-state index contributed by atoms with van der Waals surface area (Å²) in [6, 6.07) is 12.0. The second-order valence-corrected chi connectivity index (χ2v) is 8.06. The van der Waals surface area contributed by atoms with Crippen LogP contribution in [0, 0.1) is 6.92 Å². The second-order valence-electron chi connectivity index (χ2n) is 7.11. The van der Waals surface area contributed by atoms with Gasteiger partial charge in [-0.2, -0.15) is 0 Å². The number of methoxy groups -OCH3 is 1. The number of nitrogens with one attached hydrogen (secondary N) is 1. The SMILES string of the molecule is COc1cc2c(cc1NC(=O)CSc1nnc(C)n1C1CC1)oc1ccccc12. The number of carbonyl (C=O) groups excluding carboxylic acids is 1. The minimum atomic E-state index is -0.133. The summed E-state index contributed by atoms with van der Waals surface area (Å²) in [4.78, 5) is 12.6. The summed E-state index contributed by atoms with van der Waals surface area (Å²) in [5.41, 5.74) is 2.10. The molecule has 0 aliphatic heterocycles. The van der Waals surface area contributed by atoms with E-state index in [1.165, 1.54) is 11.8 Å². The van der Waals surface area contributed by atoms with Crippen LogP contribution in [0.3, 0.4) is 0 Å². The number of nitrogens with zero attached hydrogens (tertiary/aromatic N) is 3. The highest BCUT2D eigenvalue weighted by atomic mass is 32.2. The molecular formula is C21H20N4O3S. The molecule has 8 heteroatoms. The first-order valence-electron chi connectivity index (χ1n) is 9.47. The topological polar surface area (TPSA) is 82.2 Å². The lowest BCUT2D eigenvalue weighted by molar-refractivity contribution is -0.113. The number of furan rings is 1. The van der Waals surface area contributed by atoms with Gasteiger partial charge in [0.25, 0.3) is 0 Å². The van der Waals surface area contributed by atoms with Gasteiger partial charge in [-0.3, -0.25) is 4.79 Å². The van der Waals surface area contributed by atoms with Crippen LogP contribution in [0.2, 0.25) is 0 Å². The molecule has 0 radical (unpaired) electrons. The van der Waals surface area contributed by atoms with Crippen molar-refractivity contribution in [3.05, 3.63) is 42.2 Å². The molecule has 29 heavy (non-hydrogen) atoms. The molecule has 148 valence electrons. The molecule has 1 fully saturated rings. The third-order valence-corrected chi connectivity index (χ3v) is 6.00. The Kier molecular flexibility index (Phi) is 4.43. The number of hydrogen-bond donors (Lipinski definition) is 1. The number of aryl methyl sites for hydroxylation is 1. The van der Waals surface area contributed by atoms with E-state index in [4.69, 9.17) is 9.15 Å². The number of aromatic nitrogens is 3. The van der Waals surface area contributed by atoms with Crippen LogP contribution in [0.4, 0.5) is 5.69 Å². The maximum Gasteiger partial charge on any atom is 0.234 e. The van der Waals surface area contributed by atoms with Gasteiger partial charge in [-0.05, 0) is 31.9 Å². The highest BCUT2D eigenvalue weighted by molar-refractivity contribution is 7.99. The molecule has 0 unspecified atom stereocenters. The van der Waals surface area contributed by atoms with Gasteiger partial charge in [0.05, 0.1) is 18.6 Å². The van der Waals surface area contributed by atoms with Crippen LogP contribution >= 0.6 is 11.8 Å². The van der Waals surface area contributed by atoms with E-state index in [1.54, 1.807) is 7.11 Å². The van der Waals surface area contributed by atoms with E-state index in [9.17, 15) is 4.79 Å². The molecule has 5 rings (SSSR count). The number of ether oxygens (including phenoxy) is 1. The van der Waals surface area contributed by atoms with Crippen molar-refractivity contribution < 1.29 is 13.9 Å². The van der Waals surface area contributed by atoms with Crippen LogP contribution in [-0.4, -0.2) is 33.5 Å². The molecule has 7 nitrogen and oxygen atoms in total. The van der Waals surface area contributed by atoms with Crippen LogP contribution in [0.25, 0.3) is 21.9 Å². The van der Waals surface area contributed by atoms with E-state index >= 15 is 0 Å². The highest BCUT2D eigenvalue weighted by Crippen LogP contribution is 2.39. The maximum absolute atomic E-state index is 12.6. The lowest BCUT2D eigenvalue weighted by Gasteiger charge is -2.10. The molecule has 1 saturated carbocycles. The molecule has 1 aliphatic rings. The van der Waals surface area contributed by atoms with Crippen molar-refractivity contribution in [3.63, 3.8) is 0 Å². The number of benzene rings is 2. The number of amides is 1. The summed E-state index contributed by atoms with van der Waals surface area (Å²) in [5, 5.41) is 14.1. The lowest BCUT2D eigenvalue weighted by atomic mass is 10.1. The smallest absolute Gasteiger partial charge is 0.234 e. The standard InChI is InChI=1S/C21H20N4O3S/c1-12-23-24-21(25(12)13-7-8-13)29-11-20(26)22-16-10-18-15(9-19(16)27-2)14-5-3-4-6-17(14)28-18/h3-6,9-10,13H,7-8,11H2,1-2H3,(H,22,26). The van der Waals surface area contributed by atoms with E-state index in [2.05, 4.69) is 20.1 Å². The lowest BCUT2D eigenvalue weighted by Crippen LogP contribution is -2.15. The van der Waals surface area contributed by atoms with Crippen molar-refractivity contribution in [2.75, 3.05) is 18.2 Å². The van der Waals surface area contributed by atoms with Gasteiger partial charge >= 0.3 is 0 Å². The Labute approximate surface area is 171 Å². The molecular weight excluding hydrogens is 388 g/mol. The largest absolute Gasteiger partial charge is 0.495 e. The van der Waals surface area contributed by atoms with Gasteiger partial charge in [0.2, 0.25) is 5.91 Å². The highest BCUT2D eigenvalue weighted by Gasteiger charge is 2.28. The molecule has 0 spiro atoms. The van der Waals surface area contributed by atoms with Crippen LogP contribution in [0.15, 0.2) is 46.0 Å². The Balaban J connectivity index is 1.36. The predicted octanol–water partition coefficient (Wildman–Crippen LogP) is 4.56. The number of anilines is 1. The maximum atomic E-state index is 12.6. The van der Waals surface area contributed by atoms with Crippen LogP contribution in [0.1, 0.15) is 24.7 Å². The van der Waals surface area contributed by atoms with Crippen LogP contribution < -0.4 is 10.1 Å². The number of carbonyl (C=O) groups is 1. The third kappa shape index (κ3) is 3.33. The summed E-state index contributed by atoms with van der Waals surface area (Å²) in [6.45, 7) is 1.95. The van der Waals surface area contributed by atoms with Crippen molar-refractivity contribution >= 4 is 45.3 Å². The summed E-state index contributed by atoms with van der Waals surface area (Å²) >= 11 is 1.40. The Hall–Kier alpha value is -3.00. The Bertz CT molecular complexity index is 1230. The molecule has 1 N–H and O–H groups in total. The summed E-state index contributed by atoms with van der Waals surface area (Å²) in [5.74, 6) is 1.60. The van der Waals surface area contributed by atoms with Crippen molar-refractivity contribution in [1.29, 1.82) is 0 Å². The van der Waals surface area contributed by atoms with Crippen molar-refractivity contribution in [3.8, 4) is 5.75 Å². The Morgan fingerprint density at radius 3 is 2.86 bits per heavy atom. The first-order valence-corrected chi connectivity index (χ1v) is 10.5. The molecule has 2 aromatic heterocycles. The monoisotopic (exact) mass is 408 g/mol. The van der Waals surface area contributed by atoms with Gasteiger partial charge in [0.1, 0.15) is 22.7 Å². The molecule has 0 atom stereocenters. The molecule has 2 heterocycles. The molecule has 1 amide bonds. The molecule has 0 saturated heterocycles. The minimum Gasteiger partial charge on any atom is -0.495 e. The minimum absolute atomic E-state index is 0.133. The van der Waals surface area contributed by atoms with E-state index in [1.807, 2.05) is 43.3 Å². The number of thioether (sulfide) groups is 1. The van der Waals surface area contributed by atoms with E-state index in [-0.39, 0.29) is 11.7 Å². The normalized spacial score (nSPS) is 13.9. The number of hydrogen-bond acceptors (Lipinski definition) is 6. The summed E-state index contributed by atoms with van der Waals surface area (Å²) < 4.78 is 13.6. The first-order chi connectivity index (χ1) is 14.1. The van der Waals surface area contributed by atoms with Crippen molar-refractivity contribution in [2.45, 2.75) is 31.0 Å². The zero-order valence-corrected chi connectivity index (χ0v) is 17.0. The molecule has 0 bridgehead atoms.